The molecular formula is C23H25N3O3. The standard InChI is InChI=1S/C23H25N3O3/c1-16-5-4-6-17(11-16)13-24-19-8-9-20(25-15-19)23(27)26-14-18-7-10-21(28-2)22(12-18)29-3/h4-12,15,24H,13-14H2,1-3H3,(H,26,27). The van der Waals surface area contributed by atoms with E-state index in [0.29, 0.717) is 30.3 Å². The fraction of sp³-hybridized carbons (Fsp3) is 0.217. The van der Waals surface area contributed by atoms with Gasteiger partial charge in [-0.15, -0.1) is 0 Å². The summed E-state index contributed by atoms with van der Waals surface area (Å²) in [4.78, 5) is 16.6. The minimum Gasteiger partial charge on any atom is -0.493 e. The van der Waals surface area contributed by atoms with Gasteiger partial charge in [-0.2, -0.15) is 0 Å². The molecule has 0 radical (unpaired) electrons. The Balaban J connectivity index is 1.55. The Bertz CT molecular complexity index is 971. The number of carbonyl (C=O) groups excluding carboxylic acids is 1. The van der Waals surface area contributed by atoms with Crippen molar-refractivity contribution in [3.8, 4) is 11.5 Å². The van der Waals surface area contributed by atoms with E-state index < -0.39 is 0 Å². The molecule has 0 spiro atoms. The normalized spacial score (nSPS) is 10.3. The molecule has 1 aromatic heterocycles. The van der Waals surface area contributed by atoms with Crippen LogP contribution in [-0.4, -0.2) is 25.1 Å². The van der Waals surface area contributed by atoms with E-state index in [-0.39, 0.29) is 5.91 Å². The number of carbonyl (C=O) groups is 1. The lowest BCUT2D eigenvalue weighted by atomic mass is 10.1. The maximum Gasteiger partial charge on any atom is 0.270 e. The molecule has 1 amide bonds. The van der Waals surface area contributed by atoms with Crippen molar-refractivity contribution in [2.45, 2.75) is 20.0 Å². The van der Waals surface area contributed by atoms with E-state index in [4.69, 9.17) is 9.47 Å². The maximum atomic E-state index is 12.4. The predicted molar refractivity (Wildman–Crippen MR) is 113 cm³/mol. The van der Waals surface area contributed by atoms with Gasteiger partial charge in [-0.25, -0.2) is 4.98 Å². The minimum atomic E-state index is -0.231. The van der Waals surface area contributed by atoms with Crippen LogP contribution in [0.15, 0.2) is 60.8 Å². The lowest BCUT2D eigenvalue weighted by Crippen LogP contribution is -2.23. The van der Waals surface area contributed by atoms with E-state index in [1.54, 1.807) is 26.5 Å². The Morgan fingerprint density at radius 2 is 1.72 bits per heavy atom. The summed E-state index contributed by atoms with van der Waals surface area (Å²) in [7, 11) is 3.17. The molecule has 0 saturated heterocycles. The Labute approximate surface area is 170 Å². The summed E-state index contributed by atoms with van der Waals surface area (Å²) < 4.78 is 10.5. The molecule has 0 aliphatic heterocycles. The number of aromatic nitrogens is 1. The van der Waals surface area contributed by atoms with Crippen LogP contribution in [0.5, 0.6) is 11.5 Å². The predicted octanol–water partition coefficient (Wildman–Crippen LogP) is 3.95. The Kier molecular flexibility index (Phi) is 6.68. The quantitative estimate of drug-likeness (QED) is 0.608. The van der Waals surface area contributed by atoms with Crippen LogP contribution in [0.2, 0.25) is 0 Å². The highest BCUT2D eigenvalue weighted by molar-refractivity contribution is 5.92. The molecule has 0 aliphatic rings. The monoisotopic (exact) mass is 391 g/mol. The number of pyridine rings is 1. The first-order valence-electron chi connectivity index (χ1n) is 9.33. The zero-order chi connectivity index (χ0) is 20.6. The molecule has 0 aliphatic carbocycles. The molecule has 3 aromatic rings. The summed E-state index contributed by atoms with van der Waals surface area (Å²) in [6.07, 6.45) is 1.67. The summed E-state index contributed by atoms with van der Waals surface area (Å²) in [5.74, 6) is 1.05. The van der Waals surface area contributed by atoms with Crippen LogP contribution < -0.4 is 20.1 Å². The van der Waals surface area contributed by atoms with Crippen LogP contribution in [-0.2, 0) is 13.1 Å². The van der Waals surface area contributed by atoms with Crippen molar-refractivity contribution >= 4 is 11.6 Å². The van der Waals surface area contributed by atoms with Crippen LogP contribution in [0.4, 0.5) is 5.69 Å². The second kappa shape index (κ2) is 9.59. The number of amides is 1. The van der Waals surface area contributed by atoms with E-state index in [0.717, 1.165) is 11.3 Å². The number of aryl methyl sites for hydroxylation is 1. The zero-order valence-electron chi connectivity index (χ0n) is 16.9. The molecule has 1 heterocycles. The largest absolute Gasteiger partial charge is 0.493 e. The smallest absolute Gasteiger partial charge is 0.270 e. The highest BCUT2D eigenvalue weighted by Crippen LogP contribution is 2.27. The van der Waals surface area contributed by atoms with Gasteiger partial charge in [0.2, 0.25) is 0 Å². The van der Waals surface area contributed by atoms with Gasteiger partial charge in [0, 0.05) is 13.1 Å². The number of nitrogens with zero attached hydrogens (tertiary/aromatic N) is 1. The zero-order valence-corrected chi connectivity index (χ0v) is 16.9. The molecule has 2 aromatic carbocycles. The maximum absolute atomic E-state index is 12.4. The number of hydrogen-bond donors (Lipinski definition) is 2. The Morgan fingerprint density at radius 1 is 0.931 bits per heavy atom. The number of benzene rings is 2. The van der Waals surface area contributed by atoms with Crippen molar-refractivity contribution in [1.82, 2.24) is 10.3 Å². The molecule has 29 heavy (non-hydrogen) atoms. The van der Waals surface area contributed by atoms with Crippen LogP contribution >= 0.6 is 0 Å². The van der Waals surface area contributed by atoms with Crippen LogP contribution in [0.25, 0.3) is 0 Å². The van der Waals surface area contributed by atoms with Crippen LogP contribution in [0.3, 0.4) is 0 Å². The van der Waals surface area contributed by atoms with Gasteiger partial charge in [-0.05, 0) is 42.3 Å². The SMILES string of the molecule is COc1ccc(CNC(=O)c2ccc(NCc3cccc(C)c3)cn2)cc1OC. The molecule has 0 bridgehead atoms. The van der Waals surface area contributed by atoms with E-state index in [2.05, 4.69) is 40.7 Å². The highest BCUT2D eigenvalue weighted by Gasteiger charge is 2.09. The lowest BCUT2D eigenvalue weighted by molar-refractivity contribution is 0.0946. The molecule has 0 unspecified atom stereocenters. The van der Waals surface area contributed by atoms with Crippen molar-refractivity contribution in [1.29, 1.82) is 0 Å². The Hall–Kier alpha value is -3.54. The summed E-state index contributed by atoms with van der Waals surface area (Å²) in [6.45, 7) is 3.14. The molecule has 6 heteroatoms. The van der Waals surface area contributed by atoms with E-state index in [1.807, 2.05) is 30.3 Å². The van der Waals surface area contributed by atoms with Gasteiger partial charge >= 0.3 is 0 Å². The third kappa shape index (κ3) is 5.48. The van der Waals surface area contributed by atoms with E-state index in [1.165, 1.54) is 11.1 Å². The van der Waals surface area contributed by atoms with Crippen molar-refractivity contribution in [3.63, 3.8) is 0 Å². The molecule has 0 atom stereocenters. The second-order valence-corrected chi connectivity index (χ2v) is 6.65. The fourth-order valence-corrected chi connectivity index (χ4v) is 2.92. The van der Waals surface area contributed by atoms with E-state index >= 15 is 0 Å². The number of anilines is 1. The molecule has 150 valence electrons. The fourth-order valence-electron chi connectivity index (χ4n) is 2.92. The molecule has 3 rings (SSSR count). The molecular weight excluding hydrogens is 366 g/mol. The van der Waals surface area contributed by atoms with Gasteiger partial charge in [0.05, 0.1) is 26.1 Å². The summed E-state index contributed by atoms with van der Waals surface area (Å²) in [5, 5.41) is 6.19. The molecule has 6 nitrogen and oxygen atoms in total. The summed E-state index contributed by atoms with van der Waals surface area (Å²) in [5.41, 5.74) is 4.56. The van der Waals surface area contributed by atoms with Gasteiger partial charge < -0.3 is 20.1 Å². The van der Waals surface area contributed by atoms with Crippen molar-refractivity contribution < 1.29 is 14.3 Å². The van der Waals surface area contributed by atoms with Gasteiger partial charge in [0.15, 0.2) is 11.5 Å². The highest BCUT2D eigenvalue weighted by atomic mass is 16.5. The van der Waals surface area contributed by atoms with Gasteiger partial charge in [0.1, 0.15) is 5.69 Å². The molecule has 2 N–H and O–H groups in total. The summed E-state index contributed by atoms with van der Waals surface area (Å²) >= 11 is 0. The average molecular weight is 391 g/mol. The first-order chi connectivity index (χ1) is 14.1. The van der Waals surface area contributed by atoms with Crippen molar-refractivity contribution in [3.05, 3.63) is 83.2 Å². The third-order valence-electron chi connectivity index (χ3n) is 4.48. The number of ether oxygens (including phenoxy) is 2. The van der Waals surface area contributed by atoms with Crippen LogP contribution in [0, 0.1) is 6.92 Å². The topological polar surface area (TPSA) is 72.5 Å². The summed E-state index contributed by atoms with van der Waals surface area (Å²) in [6, 6.07) is 17.4. The number of methoxy groups -OCH3 is 2. The number of rotatable bonds is 8. The number of hydrogen-bond acceptors (Lipinski definition) is 5. The average Bonchev–Trinajstić information content (AvgIpc) is 2.76. The minimum absolute atomic E-state index is 0.231. The van der Waals surface area contributed by atoms with Gasteiger partial charge in [0.25, 0.3) is 5.91 Å². The van der Waals surface area contributed by atoms with Gasteiger partial charge in [-0.1, -0.05) is 35.9 Å². The van der Waals surface area contributed by atoms with Crippen molar-refractivity contribution in [2.75, 3.05) is 19.5 Å². The second-order valence-electron chi connectivity index (χ2n) is 6.65. The number of nitrogens with one attached hydrogen (secondary N) is 2. The van der Waals surface area contributed by atoms with Gasteiger partial charge in [-0.3, -0.25) is 4.79 Å². The molecule has 0 fully saturated rings. The molecule has 0 saturated carbocycles. The van der Waals surface area contributed by atoms with E-state index in [9.17, 15) is 4.79 Å². The first kappa shape index (κ1) is 20.2. The van der Waals surface area contributed by atoms with Crippen molar-refractivity contribution in [2.24, 2.45) is 0 Å². The first-order valence-corrected chi connectivity index (χ1v) is 9.33. The Morgan fingerprint density at radius 3 is 2.41 bits per heavy atom. The third-order valence-corrected chi connectivity index (χ3v) is 4.48. The van der Waals surface area contributed by atoms with Crippen LogP contribution in [0.1, 0.15) is 27.2 Å². The lowest BCUT2D eigenvalue weighted by Gasteiger charge is -2.11.